The molecule has 0 atom stereocenters. The van der Waals surface area contributed by atoms with Gasteiger partial charge in [-0.3, -0.25) is 0 Å². The van der Waals surface area contributed by atoms with Crippen molar-refractivity contribution in [2.45, 2.75) is 25.8 Å². The second-order valence-corrected chi connectivity index (χ2v) is 4.99. The van der Waals surface area contributed by atoms with E-state index in [-0.39, 0.29) is 0 Å². The van der Waals surface area contributed by atoms with Gasteiger partial charge in [0.05, 0.1) is 11.0 Å². The zero-order valence-electron chi connectivity index (χ0n) is 10.9. The van der Waals surface area contributed by atoms with Crippen LogP contribution in [0.4, 0.5) is 0 Å². The van der Waals surface area contributed by atoms with E-state index in [9.17, 15) is 10.0 Å². The van der Waals surface area contributed by atoms with E-state index in [1.807, 2.05) is 13.0 Å². The van der Waals surface area contributed by atoms with Crippen molar-refractivity contribution in [1.82, 2.24) is 9.55 Å². The largest absolute Gasteiger partial charge is 0.488 e. The molecular formula is C13H17BN2O3. The van der Waals surface area contributed by atoms with Gasteiger partial charge in [-0.05, 0) is 37.4 Å². The summed E-state index contributed by atoms with van der Waals surface area (Å²) in [6.45, 7) is 3.57. The standard InChI is InChI=1S/C13H17BN2O3/c1-9-15-12-8-10(14(17)18)2-3-13(12)16(9)11-4-6-19-7-5-11/h2-3,8,11,17-18H,4-7H2,1H3. The summed E-state index contributed by atoms with van der Waals surface area (Å²) in [4.78, 5) is 4.53. The molecule has 100 valence electrons. The molecule has 0 aliphatic carbocycles. The van der Waals surface area contributed by atoms with Gasteiger partial charge in [0.15, 0.2) is 0 Å². The molecule has 0 unspecified atom stereocenters. The Morgan fingerprint density at radius 3 is 2.74 bits per heavy atom. The van der Waals surface area contributed by atoms with Crippen molar-refractivity contribution >= 4 is 23.6 Å². The number of nitrogens with zero attached hydrogens (tertiary/aromatic N) is 2. The topological polar surface area (TPSA) is 67.5 Å². The predicted molar refractivity (Wildman–Crippen MR) is 73.4 cm³/mol. The van der Waals surface area contributed by atoms with Crippen LogP contribution in [-0.4, -0.2) is 39.9 Å². The Hall–Kier alpha value is -1.37. The lowest BCUT2D eigenvalue weighted by atomic mass is 9.80. The smallest absolute Gasteiger partial charge is 0.423 e. The molecule has 1 aromatic heterocycles. The summed E-state index contributed by atoms with van der Waals surface area (Å²) >= 11 is 0. The molecule has 1 fully saturated rings. The zero-order valence-corrected chi connectivity index (χ0v) is 10.9. The number of hydrogen-bond donors (Lipinski definition) is 2. The molecule has 0 bridgehead atoms. The molecule has 0 saturated carbocycles. The van der Waals surface area contributed by atoms with Gasteiger partial charge in [0.25, 0.3) is 0 Å². The van der Waals surface area contributed by atoms with Crippen LogP contribution in [0.15, 0.2) is 18.2 Å². The zero-order chi connectivity index (χ0) is 13.4. The third-order valence-electron chi connectivity index (χ3n) is 3.74. The van der Waals surface area contributed by atoms with Crippen LogP contribution in [0.2, 0.25) is 0 Å². The van der Waals surface area contributed by atoms with Crippen molar-refractivity contribution in [2.24, 2.45) is 0 Å². The van der Waals surface area contributed by atoms with E-state index >= 15 is 0 Å². The lowest BCUT2D eigenvalue weighted by Crippen LogP contribution is -2.29. The molecule has 0 spiro atoms. The van der Waals surface area contributed by atoms with Gasteiger partial charge in [0, 0.05) is 19.3 Å². The molecule has 2 heterocycles. The van der Waals surface area contributed by atoms with Crippen molar-refractivity contribution in [2.75, 3.05) is 13.2 Å². The van der Waals surface area contributed by atoms with Crippen molar-refractivity contribution in [1.29, 1.82) is 0 Å². The molecule has 1 aliphatic rings. The summed E-state index contributed by atoms with van der Waals surface area (Å²) < 4.78 is 7.64. The van der Waals surface area contributed by atoms with Gasteiger partial charge in [0.1, 0.15) is 5.82 Å². The Morgan fingerprint density at radius 2 is 2.05 bits per heavy atom. The maximum absolute atomic E-state index is 9.21. The first-order valence-corrected chi connectivity index (χ1v) is 6.59. The average Bonchev–Trinajstić information content (AvgIpc) is 2.74. The molecule has 2 aromatic rings. The third-order valence-corrected chi connectivity index (χ3v) is 3.74. The number of aryl methyl sites for hydroxylation is 1. The maximum atomic E-state index is 9.21. The van der Waals surface area contributed by atoms with Crippen molar-refractivity contribution in [3.63, 3.8) is 0 Å². The Morgan fingerprint density at radius 1 is 1.32 bits per heavy atom. The first-order chi connectivity index (χ1) is 9.16. The summed E-state index contributed by atoms with van der Waals surface area (Å²) in [5.74, 6) is 0.964. The predicted octanol–water partition coefficient (Wildman–Crippen LogP) is 0.376. The number of aromatic nitrogens is 2. The molecule has 1 aliphatic heterocycles. The van der Waals surface area contributed by atoms with Crippen LogP contribution in [0, 0.1) is 6.92 Å². The molecule has 5 nitrogen and oxygen atoms in total. The van der Waals surface area contributed by atoms with Gasteiger partial charge in [-0.1, -0.05) is 6.07 Å². The van der Waals surface area contributed by atoms with E-state index in [2.05, 4.69) is 9.55 Å². The van der Waals surface area contributed by atoms with Crippen LogP contribution < -0.4 is 5.46 Å². The van der Waals surface area contributed by atoms with Crippen LogP contribution in [0.25, 0.3) is 11.0 Å². The highest BCUT2D eigenvalue weighted by Gasteiger charge is 2.21. The van der Waals surface area contributed by atoms with Gasteiger partial charge < -0.3 is 19.4 Å². The van der Waals surface area contributed by atoms with Crippen LogP contribution in [0.3, 0.4) is 0 Å². The SMILES string of the molecule is Cc1nc2cc(B(O)O)ccc2n1C1CCOCC1. The van der Waals surface area contributed by atoms with E-state index in [1.165, 1.54) is 0 Å². The van der Waals surface area contributed by atoms with Gasteiger partial charge >= 0.3 is 7.12 Å². The highest BCUT2D eigenvalue weighted by Crippen LogP contribution is 2.27. The summed E-state index contributed by atoms with van der Waals surface area (Å²) in [5, 5.41) is 18.4. The number of ether oxygens (including phenoxy) is 1. The maximum Gasteiger partial charge on any atom is 0.488 e. The highest BCUT2D eigenvalue weighted by molar-refractivity contribution is 6.58. The Balaban J connectivity index is 2.06. The number of imidazole rings is 1. The normalized spacial score (nSPS) is 17.0. The summed E-state index contributed by atoms with van der Waals surface area (Å²) in [7, 11) is -1.45. The fraction of sp³-hybridized carbons (Fsp3) is 0.462. The molecule has 6 heteroatoms. The first-order valence-electron chi connectivity index (χ1n) is 6.59. The second-order valence-electron chi connectivity index (χ2n) is 4.99. The number of fused-ring (bicyclic) bond motifs is 1. The van der Waals surface area contributed by atoms with Crippen LogP contribution in [0.1, 0.15) is 24.7 Å². The van der Waals surface area contributed by atoms with E-state index in [1.54, 1.807) is 12.1 Å². The molecule has 0 radical (unpaired) electrons. The van der Waals surface area contributed by atoms with E-state index in [0.717, 1.165) is 42.9 Å². The monoisotopic (exact) mass is 260 g/mol. The molecule has 1 saturated heterocycles. The average molecular weight is 260 g/mol. The van der Waals surface area contributed by atoms with Crippen molar-refractivity contribution in [3.05, 3.63) is 24.0 Å². The minimum absolute atomic E-state index is 0.420. The van der Waals surface area contributed by atoms with Crippen molar-refractivity contribution in [3.8, 4) is 0 Å². The van der Waals surface area contributed by atoms with Gasteiger partial charge in [-0.25, -0.2) is 4.98 Å². The number of hydrogen-bond acceptors (Lipinski definition) is 4. The minimum atomic E-state index is -1.45. The molecule has 19 heavy (non-hydrogen) atoms. The molecule has 1 aromatic carbocycles. The quantitative estimate of drug-likeness (QED) is 0.766. The Labute approximate surface area is 112 Å². The van der Waals surface area contributed by atoms with E-state index in [4.69, 9.17) is 4.74 Å². The molecule has 0 amide bonds. The lowest BCUT2D eigenvalue weighted by molar-refractivity contribution is 0.0701. The fourth-order valence-corrected chi connectivity index (χ4v) is 2.80. The van der Waals surface area contributed by atoms with Crippen LogP contribution in [-0.2, 0) is 4.74 Å². The Kier molecular flexibility index (Phi) is 3.30. The molecular weight excluding hydrogens is 243 g/mol. The highest BCUT2D eigenvalue weighted by atomic mass is 16.5. The first kappa shape index (κ1) is 12.7. The number of rotatable bonds is 2. The van der Waals surface area contributed by atoms with Crippen LogP contribution in [0.5, 0.6) is 0 Å². The Bertz CT molecular complexity index is 591. The third kappa shape index (κ3) is 2.27. The van der Waals surface area contributed by atoms with Crippen LogP contribution >= 0.6 is 0 Å². The minimum Gasteiger partial charge on any atom is -0.423 e. The lowest BCUT2D eigenvalue weighted by Gasteiger charge is -2.25. The summed E-state index contributed by atoms with van der Waals surface area (Å²) in [6.07, 6.45) is 1.99. The summed E-state index contributed by atoms with van der Waals surface area (Å²) in [5.41, 5.74) is 2.34. The van der Waals surface area contributed by atoms with Gasteiger partial charge in [-0.15, -0.1) is 0 Å². The van der Waals surface area contributed by atoms with Crippen molar-refractivity contribution < 1.29 is 14.8 Å². The van der Waals surface area contributed by atoms with E-state index in [0.29, 0.717) is 11.5 Å². The molecule has 3 rings (SSSR count). The molecule has 2 N–H and O–H groups in total. The summed E-state index contributed by atoms with van der Waals surface area (Å²) in [6, 6.07) is 5.82. The second kappa shape index (κ2) is 4.96. The van der Waals surface area contributed by atoms with E-state index < -0.39 is 7.12 Å². The number of benzene rings is 1. The van der Waals surface area contributed by atoms with Gasteiger partial charge in [0.2, 0.25) is 0 Å². The fourth-order valence-electron chi connectivity index (χ4n) is 2.80. The van der Waals surface area contributed by atoms with Gasteiger partial charge in [-0.2, -0.15) is 0 Å².